The number of para-hydroxylation sites is 1. The van der Waals surface area contributed by atoms with Crippen molar-refractivity contribution in [2.45, 2.75) is 0 Å². The lowest BCUT2D eigenvalue weighted by atomic mass is 10.0. The summed E-state index contributed by atoms with van der Waals surface area (Å²) in [5, 5.41) is 5.68. The zero-order chi connectivity index (χ0) is 41.4. The van der Waals surface area contributed by atoms with E-state index in [0.717, 1.165) is 75.7 Å². The van der Waals surface area contributed by atoms with Crippen LogP contribution in [0.25, 0.3) is 130 Å². The minimum atomic E-state index is 0.612. The maximum Gasteiger partial charge on any atom is 0.180 e. The fraction of sp³-hybridized carbons (Fsp3) is 0. The van der Waals surface area contributed by atoms with Gasteiger partial charge in [0.05, 0.1) is 0 Å². The molecule has 0 spiro atoms. The van der Waals surface area contributed by atoms with Gasteiger partial charge in [-0.05, 0) is 59.7 Å². The molecule has 8 aromatic carbocycles. The van der Waals surface area contributed by atoms with Gasteiger partial charge in [0.15, 0.2) is 28.9 Å². The molecule has 0 radical (unpaired) electrons. The number of nitrogens with zero attached hydrogens (tertiary/aromatic N) is 5. The summed E-state index contributed by atoms with van der Waals surface area (Å²) >= 11 is 3.59. The first-order valence-corrected chi connectivity index (χ1v) is 22.4. The quantitative estimate of drug-likeness (QED) is 0.166. The van der Waals surface area contributed by atoms with Crippen LogP contribution >= 0.6 is 22.7 Å². The summed E-state index contributed by atoms with van der Waals surface area (Å²) in [6, 6.07) is 65.1. The summed E-state index contributed by atoms with van der Waals surface area (Å²) in [7, 11) is 0. The monoisotopic (exact) mass is 841 g/mol. The Bertz CT molecular complexity index is 3930. The van der Waals surface area contributed by atoms with Gasteiger partial charge in [0.25, 0.3) is 0 Å². The van der Waals surface area contributed by atoms with Gasteiger partial charge in [-0.1, -0.05) is 140 Å². The van der Waals surface area contributed by atoms with Gasteiger partial charge in [0.1, 0.15) is 16.8 Å². The Morgan fingerprint density at radius 3 is 1.83 bits per heavy atom. The van der Waals surface area contributed by atoms with Crippen LogP contribution in [-0.4, -0.2) is 24.9 Å². The van der Waals surface area contributed by atoms with Crippen molar-refractivity contribution in [1.29, 1.82) is 0 Å². The molecule has 0 unspecified atom stereocenters. The van der Waals surface area contributed by atoms with Crippen molar-refractivity contribution < 1.29 is 4.42 Å². The van der Waals surface area contributed by atoms with Gasteiger partial charge in [0, 0.05) is 73.5 Å². The summed E-state index contributed by atoms with van der Waals surface area (Å²) in [6.07, 6.45) is 0. The SMILES string of the molecule is c1ccc(-c2nc(-c3cccc(-c4cccc5c4sc4ccccc45)c3)nc(-c3cccc4sc5ccc(-c6nc(-c7ccccc7)c7oc8ccccc8c7n6)cc5c34)n2)cc1. The fourth-order valence-electron chi connectivity index (χ4n) is 8.81. The first-order chi connectivity index (χ1) is 31.2. The molecule has 8 heteroatoms. The summed E-state index contributed by atoms with van der Waals surface area (Å²) in [5.41, 5.74) is 9.99. The highest BCUT2D eigenvalue weighted by atomic mass is 32.1. The topological polar surface area (TPSA) is 77.6 Å². The molecule has 63 heavy (non-hydrogen) atoms. The second-order valence-electron chi connectivity index (χ2n) is 15.6. The third-order valence-electron chi connectivity index (χ3n) is 11.8. The lowest BCUT2D eigenvalue weighted by molar-refractivity contribution is 0.667. The van der Waals surface area contributed by atoms with Crippen LogP contribution in [0.3, 0.4) is 0 Å². The Morgan fingerprint density at radius 1 is 0.349 bits per heavy atom. The molecule has 13 aromatic rings. The van der Waals surface area contributed by atoms with Crippen molar-refractivity contribution in [3.8, 4) is 67.9 Å². The molecule has 5 heterocycles. The summed E-state index contributed by atoms with van der Waals surface area (Å²) in [6.45, 7) is 0. The van der Waals surface area contributed by atoms with E-state index in [1.54, 1.807) is 11.3 Å². The van der Waals surface area contributed by atoms with E-state index in [4.69, 9.17) is 29.3 Å². The maximum atomic E-state index is 6.41. The molecule has 0 amide bonds. The average molecular weight is 842 g/mol. The molecule has 0 aliphatic rings. The van der Waals surface area contributed by atoms with E-state index in [0.29, 0.717) is 28.9 Å². The standard InChI is InChI=1S/C55H31N5OS2/c1-3-14-32(15-4-1)48-50-49(40-21-7-9-25-43(40)61-50)57-53(56-48)36-28-29-45-42(31-36)47-41(24-13-27-46(47)62-45)55-59-52(33-16-5-2-6-17-33)58-54(60-55)35-19-11-18-34(30-35)37-22-12-23-39-38-20-8-10-26-44(38)63-51(37)39/h1-31H. The van der Waals surface area contributed by atoms with Crippen LogP contribution in [0.15, 0.2) is 192 Å². The molecule has 5 aromatic heterocycles. The normalized spacial score (nSPS) is 11.8. The molecular formula is C55H31N5OS2. The molecule has 0 bridgehead atoms. The van der Waals surface area contributed by atoms with E-state index in [9.17, 15) is 0 Å². The van der Waals surface area contributed by atoms with Crippen LogP contribution in [-0.2, 0) is 0 Å². The van der Waals surface area contributed by atoms with Crippen molar-refractivity contribution in [3.63, 3.8) is 0 Å². The number of aromatic nitrogens is 5. The summed E-state index contributed by atoms with van der Waals surface area (Å²) in [5.74, 6) is 2.48. The van der Waals surface area contributed by atoms with E-state index in [1.165, 1.54) is 25.7 Å². The first kappa shape index (κ1) is 35.8. The highest BCUT2D eigenvalue weighted by Crippen LogP contribution is 2.44. The lowest BCUT2D eigenvalue weighted by Crippen LogP contribution is -2.00. The Kier molecular flexibility index (Phi) is 8.15. The van der Waals surface area contributed by atoms with Gasteiger partial charge in [0.2, 0.25) is 0 Å². The highest BCUT2D eigenvalue weighted by molar-refractivity contribution is 7.26. The van der Waals surface area contributed by atoms with Crippen LogP contribution in [0.5, 0.6) is 0 Å². The van der Waals surface area contributed by atoms with Crippen LogP contribution in [0, 0.1) is 0 Å². The maximum absolute atomic E-state index is 6.41. The van der Waals surface area contributed by atoms with Crippen molar-refractivity contribution in [2.24, 2.45) is 0 Å². The Balaban J connectivity index is 0.989. The number of hydrogen-bond donors (Lipinski definition) is 0. The molecule has 13 rings (SSSR count). The van der Waals surface area contributed by atoms with E-state index >= 15 is 0 Å². The zero-order valence-electron chi connectivity index (χ0n) is 33.4. The number of fused-ring (bicyclic) bond motifs is 9. The molecule has 0 aliphatic heterocycles. The lowest BCUT2D eigenvalue weighted by Gasteiger charge is -2.11. The Morgan fingerprint density at radius 2 is 0.952 bits per heavy atom. The third-order valence-corrected chi connectivity index (χ3v) is 14.1. The molecule has 0 aliphatic carbocycles. The number of hydrogen-bond acceptors (Lipinski definition) is 8. The van der Waals surface area contributed by atoms with Crippen LogP contribution < -0.4 is 0 Å². The van der Waals surface area contributed by atoms with E-state index in [2.05, 4.69) is 133 Å². The highest BCUT2D eigenvalue weighted by Gasteiger charge is 2.21. The van der Waals surface area contributed by atoms with Crippen LogP contribution in [0.2, 0.25) is 0 Å². The number of furan rings is 1. The summed E-state index contributed by atoms with van der Waals surface area (Å²) in [4.78, 5) is 26.0. The second kappa shape index (κ2) is 14.3. The van der Waals surface area contributed by atoms with Gasteiger partial charge in [-0.2, -0.15) is 0 Å². The molecule has 0 fully saturated rings. The van der Waals surface area contributed by atoms with E-state index in [-0.39, 0.29) is 0 Å². The molecular weight excluding hydrogens is 811 g/mol. The molecule has 6 nitrogen and oxygen atoms in total. The third kappa shape index (κ3) is 5.95. The second-order valence-corrected chi connectivity index (χ2v) is 17.7. The molecule has 0 N–H and O–H groups in total. The van der Waals surface area contributed by atoms with Gasteiger partial charge < -0.3 is 4.42 Å². The predicted molar refractivity (Wildman–Crippen MR) is 261 cm³/mol. The molecule has 0 atom stereocenters. The van der Waals surface area contributed by atoms with Gasteiger partial charge in [-0.15, -0.1) is 22.7 Å². The number of benzene rings is 8. The minimum absolute atomic E-state index is 0.612. The van der Waals surface area contributed by atoms with E-state index < -0.39 is 0 Å². The van der Waals surface area contributed by atoms with Crippen LogP contribution in [0.1, 0.15) is 0 Å². The Hall–Kier alpha value is -7.91. The van der Waals surface area contributed by atoms with Gasteiger partial charge in [-0.3, -0.25) is 0 Å². The fourth-order valence-corrected chi connectivity index (χ4v) is 11.2. The van der Waals surface area contributed by atoms with E-state index in [1.807, 2.05) is 65.9 Å². The van der Waals surface area contributed by atoms with Crippen molar-refractivity contribution >= 4 is 85.1 Å². The summed E-state index contributed by atoms with van der Waals surface area (Å²) < 4.78 is 11.3. The molecule has 0 saturated carbocycles. The predicted octanol–water partition coefficient (Wildman–Crippen LogP) is 15.3. The average Bonchev–Trinajstić information content (AvgIpc) is 4.05. The largest absolute Gasteiger partial charge is 0.452 e. The number of thiophene rings is 2. The zero-order valence-corrected chi connectivity index (χ0v) is 35.0. The van der Waals surface area contributed by atoms with Gasteiger partial charge >= 0.3 is 0 Å². The smallest absolute Gasteiger partial charge is 0.180 e. The van der Waals surface area contributed by atoms with Crippen molar-refractivity contribution in [1.82, 2.24) is 24.9 Å². The minimum Gasteiger partial charge on any atom is -0.452 e. The van der Waals surface area contributed by atoms with Crippen molar-refractivity contribution in [2.75, 3.05) is 0 Å². The Labute approximate surface area is 368 Å². The molecule has 294 valence electrons. The van der Waals surface area contributed by atoms with Crippen LogP contribution in [0.4, 0.5) is 0 Å². The van der Waals surface area contributed by atoms with Gasteiger partial charge in [-0.25, -0.2) is 24.9 Å². The first-order valence-electron chi connectivity index (χ1n) is 20.7. The van der Waals surface area contributed by atoms with Crippen molar-refractivity contribution in [3.05, 3.63) is 188 Å². The number of rotatable bonds is 6. The molecule has 0 saturated heterocycles.